The highest BCUT2D eigenvalue weighted by Crippen LogP contribution is 2.15. The summed E-state index contributed by atoms with van der Waals surface area (Å²) in [6.45, 7) is 2.93. The van der Waals surface area contributed by atoms with Crippen LogP contribution in [0.15, 0.2) is 55.1 Å². The first kappa shape index (κ1) is 17.1. The van der Waals surface area contributed by atoms with E-state index in [1.807, 2.05) is 35.2 Å². The number of carbonyl (C=O) groups is 1. The highest BCUT2D eigenvalue weighted by molar-refractivity contribution is 5.76. The van der Waals surface area contributed by atoms with Crippen molar-refractivity contribution in [3.8, 4) is 5.82 Å². The second-order valence-corrected chi connectivity index (χ2v) is 6.44. The van der Waals surface area contributed by atoms with Crippen LogP contribution in [0, 0.1) is 0 Å². The maximum Gasteiger partial charge on any atom is 0.223 e. The van der Waals surface area contributed by atoms with Crippen molar-refractivity contribution in [1.29, 1.82) is 0 Å². The summed E-state index contributed by atoms with van der Waals surface area (Å²) in [6, 6.07) is 13.9. The zero-order chi connectivity index (χ0) is 18.5. The number of nitrogens with zero attached hydrogens (tertiary/aromatic N) is 7. The molecule has 0 unspecified atom stereocenters. The molecule has 8 nitrogen and oxygen atoms in total. The minimum atomic E-state index is 0.214. The van der Waals surface area contributed by atoms with Crippen LogP contribution in [0.3, 0.4) is 0 Å². The monoisotopic (exact) mass is 363 g/mol. The number of rotatable bonds is 5. The Bertz CT molecular complexity index is 857. The first-order valence-electron chi connectivity index (χ1n) is 9.05. The van der Waals surface area contributed by atoms with E-state index in [1.165, 1.54) is 11.9 Å². The predicted octanol–water partition coefficient (Wildman–Crippen LogP) is 1.34. The smallest absolute Gasteiger partial charge is 0.223 e. The molecule has 138 valence electrons. The zero-order valence-electron chi connectivity index (χ0n) is 15.0. The van der Waals surface area contributed by atoms with E-state index in [2.05, 4.69) is 37.3 Å². The molecule has 0 bridgehead atoms. The highest BCUT2D eigenvalue weighted by Gasteiger charge is 2.22. The van der Waals surface area contributed by atoms with Gasteiger partial charge in [0.2, 0.25) is 5.91 Å². The van der Waals surface area contributed by atoms with Crippen molar-refractivity contribution in [2.75, 3.05) is 31.1 Å². The fourth-order valence-electron chi connectivity index (χ4n) is 3.17. The molecule has 0 aliphatic carbocycles. The van der Waals surface area contributed by atoms with Gasteiger partial charge in [-0.2, -0.15) is 5.10 Å². The topological polar surface area (TPSA) is 80.0 Å². The Balaban J connectivity index is 1.29. The second kappa shape index (κ2) is 7.94. The molecule has 0 radical (unpaired) electrons. The zero-order valence-corrected chi connectivity index (χ0v) is 15.0. The lowest BCUT2D eigenvalue weighted by Gasteiger charge is -2.35. The first-order valence-corrected chi connectivity index (χ1v) is 9.05. The molecule has 1 aromatic carbocycles. The quantitative estimate of drug-likeness (QED) is 0.681. The normalized spacial score (nSPS) is 14.4. The highest BCUT2D eigenvalue weighted by atomic mass is 16.2. The molecule has 1 amide bonds. The average Bonchev–Trinajstić information content (AvgIpc) is 3.28. The van der Waals surface area contributed by atoms with Gasteiger partial charge in [0, 0.05) is 32.6 Å². The van der Waals surface area contributed by atoms with Crippen molar-refractivity contribution in [3.63, 3.8) is 0 Å². The summed E-state index contributed by atoms with van der Waals surface area (Å²) in [6.07, 6.45) is 4.39. The molecule has 0 N–H and O–H groups in total. The van der Waals surface area contributed by atoms with Gasteiger partial charge in [0.15, 0.2) is 11.6 Å². The van der Waals surface area contributed by atoms with Gasteiger partial charge in [0.1, 0.15) is 12.7 Å². The Kier molecular flexibility index (Phi) is 5.04. The fraction of sp³-hybridized carbons (Fsp3) is 0.316. The van der Waals surface area contributed by atoms with Gasteiger partial charge < -0.3 is 9.80 Å². The van der Waals surface area contributed by atoms with Crippen LogP contribution in [0.25, 0.3) is 5.82 Å². The first-order chi connectivity index (χ1) is 13.3. The van der Waals surface area contributed by atoms with Crippen LogP contribution in [0.4, 0.5) is 5.82 Å². The van der Waals surface area contributed by atoms with Crippen LogP contribution in [0.5, 0.6) is 0 Å². The Hall–Kier alpha value is -3.29. The van der Waals surface area contributed by atoms with Crippen molar-refractivity contribution in [1.82, 2.24) is 29.9 Å². The summed E-state index contributed by atoms with van der Waals surface area (Å²) in [5.41, 5.74) is 1.20. The minimum absolute atomic E-state index is 0.214. The molecule has 1 saturated heterocycles. The Morgan fingerprint density at radius 3 is 2.33 bits per heavy atom. The standard InChI is InChI=1S/C19H21N7O/c27-19(9-6-16-4-2-1-3-5-16)25-12-10-24(11-13-25)17-7-8-18(23-22-17)26-15-20-14-21-26/h1-5,7-8,14-15H,6,9-13H2. The SMILES string of the molecule is O=C(CCc1ccccc1)N1CCN(c2ccc(-n3cncn3)nn2)CC1. The molecule has 3 heterocycles. The number of aryl methyl sites for hydroxylation is 1. The fourth-order valence-corrected chi connectivity index (χ4v) is 3.17. The van der Waals surface area contributed by atoms with Crippen LogP contribution in [-0.2, 0) is 11.2 Å². The van der Waals surface area contributed by atoms with Crippen molar-refractivity contribution in [2.24, 2.45) is 0 Å². The summed E-state index contributed by atoms with van der Waals surface area (Å²) in [5, 5.41) is 12.5. The van der Waals surface area contributed by atoms with Gasteiger partial charge in [-0.1, -0.05) is 30.3 Å². The lowest BCUT2D eigenvalue weighted by molar-refractivity contribution is -0.131. The van der Waals surface area contributed by atoms with Crippen molar-refractivity contribution >= 4 is 11.7 Å². The van der Waals surface area contributed by atoms with Gasteiger partial charge in [0.05, 0.1) is 0 Å². The molecule has 1 aliphatic heterocycles. The number of anilines is 1. The van der Waals surface area contributed by atoms with Crippen LogP contribution in [0.1, 0.15) is 12.0 Å². The van der Waals surface area contributed by atoms with E-state index >= 15 is 0 Å². The van der Waals surface area contributed by atoms with Crippen LogP contribution < -0.4 is 4.90 Å². The molecule has 0 spiro atoms. The summed E-state index contributed by atoms with van der Waals surface area (Å²) in [4.78, 5) is 20.5. The van der Waals surface area contributed by atoms with E-state index < -0.39 is 0 Å². The average molecular weight is 363 g/mol. The molecule has 1 aliphatic rings. The van der Waals surface area contributed by atoms with E-state index in [1.54, 1.807) is 11.0 Å². The summed E-state index contributed by atoms with van der Waals surface area (Å²) >= 11 is 0. The number of benzene rings is 1. The lowest BCUT2D eigenvalue weighted by Crippen LogP contribution is -2.49. The molecule has 4 rings (SSSR count). The third-order valence-corrected chi connectivity index (χ3v) is 4.72. The van der Waals surface area contributed by atoms with E-state index in [4.69, 9.17) is 0 Å². The molecular formula is C19H21N7O. The maximum atomic E-state index is 12.5. The van der Waals surface area contributed by atoms with Crippen molar-refractivity contribution in [2.45, 2.75) is 12.8 Å². The van der Waals surface area contributed by atoms with Gasteiger partial charge in [-0.15, -0.1) is 10.2 Å². The number of carbonyl (C=O) groups excluding carboxylic acids is 1. The van der Waals surface area contributed by atoms with Gasteiger partial charge in [-0.25, -0.2) is 9.67 Å². The number of amides is 1. The van der Waals surface area contributed by atoms with Crippen molar-refractivity contribution < 1.29 is 4.79 Å². The van der Waals surface area contributed by atoms with Crippen LogP contribution in [-0.4, -0.2) is 61.9 Å². The molecular weight excluding hydrogens is 342 g/mol. The van der Waals surface area contributed by atoms with Gasteiger partial charge >= 0.3 is 0 Å². The predicted molar refractivity (Wildman–Crippen MR) is 101 cm³/mol. The van der Waals surface area contributed by atoms with Gasteiger partial charge in [-0.05, 0) is 24.1 Å². The van der Waals surface area contributed by atoms with E-state index in [0.717, 1.165) is 25.3 Å². The lowest BCUT2D eigenvalue weighted by atomic mass is 10.1. The van der Waals surface area contributed by atoms with Crippen LogP contribution >= 0.6 is 0 Å². The largest absolute Gasteiger partial charge is 0.352 e. The summed E-state index contributed by atoms with van der Waals surface area (Å²) in [7, 11) is 0. The third kappa shape index (κ3) is 4.11. The molecule has 27 heavy (non-hydrogen) atoms. The van der Waals surface area contributed by atoms with E-state index in [-0.39, 0.29) is 5.91 Å². The maximum absolute atomic E-state index is 12.5. The Morgan fingerprint density at radius 1 is 0.926 bits per heavy atom. The van der Waals surface area contributed by atoms with E-state index in [9.17, 15) is 4.79 Å². The van der Waals surface area contributed by atoms with E-state index in [0.29, 0.717) is 25.3 Å². The van der Waals surface area contributed by atoms with Crippen molar-refractivity contribution in [3.05, 3.63) is 60.7 Å². The summed E-state index contributed by atoms with van der Waals surface area (Å²) < 4.78 is 1.57. The molecule has 8 heteroatoms. The third-order valence-electron chi connectivity index (χ3n) is 4.72. The number of piperazine rings is 1. The molecule has 2 aromatic heterocycles. The van der Waals surface area contributed by atoms with Gasteiger partial charge in [0.25, 0.3) is 0 Å². The van der Waals surface area contributed by atoms with Crippen LogP contribution in [0.2, 0.25) is 0 Å². The molecule has 1 fully saturated rings. The number of hydrogen-bond acceptors (Lipinski definition) is 6. The number of hydrogen-bond donors (Lipinski definition) is 0. The molecule has 0 atom stereocenters. The Labute approximate surface area is 157 Å². The molecule has 3 aromatic rings. The number of aromatic nitrogens is 5. The Morgan fingerprint density at radius 2 is 1.67 bits per heavy atom. The molecule has 0 saturated carbocycles. The minimum Gasteiger partial charge on any atom is -0.352 e. The van der Waals surface area contributed by atoms with Gasteiger partial charge in [-0.3, -0.25) is 4.79 Å². The summed E-state index contributed by atoms with van der Waals surface area (Å²) in [5.74, 6) is 1.66. The second-order valence-electron chi connectivity index (χ2n) is 6.44.